The van der Waals surface area contributed by atoms with Gasteiger partial charge in [0.1, 0.15) is 0 Å². The first-order valence-electron chi connectivity index (χ1n) is 10.2. The van der Waals surface area contributed by atoms with Crippen LogP contribution in [0.1, 0.15) is 64.8 Å². The van der Waals surface area contributed by atoms with Crippen molar-refractivity contribution in [2.24, 2.45) is 0 Å². The van der Waals surface area contributed by atoms with Crippen LogP contribution in [0.5, 0.6) is 0 Å². The van der Waals surface area contributed by atoms with E-state index in [-0.39, 0.29) is 16.8 Å². The average molecular weight is 415 g/mol. The molecule has 1 saturated heterocycles. The van der Waals surface area contributed by atoms with Crippen LogP contribution in [0.3, 0.4) is 0 Å². The summed E-state index contributed by atoms with van der Waals surface area (Å²) in [5.41, 5.74) is 4.44. The van der Waals surface area contributed by atoms with Gasteiger partial charge in [-0.15, -0.1) is 0 Å². The number of sulfonamides is 1. The quantitative estimate of drug-likeness (QED) is 0.767. The highest BCUT2D eigenvalue weighted by Gasteiger charge is 2.29. The summed E-state index contributed by atoms with van der Waals surface area (Å²) in [6.45, 7) is 8.98. The minimum atomic E-state index is -3.57. The molecule has 0 unspecified atom stereocenters. The lowest BCUT2D eigenvalue weighted by molar-refractivity contribution is 0.0935. The molecule has 1 aliphatic rings. The third-order valence-corrected chi connectivity index (χ3v) is 7.69. The van der Waals surface area contributed by atoms with Crippen molar-refractivity contribution in [3.8, 4) is 0 Å². The lowest BCUT2D eigenvalue weighted by Gasteiger charge is -2.21. The van der Waals surface area contributed by atoms with Crippen molar-refractivity contribution in [2.75, 3.05) is 13.1 Å². The van der Waals surface area contributed by atoms with Gasteiger partial charge < -0.3 is 5.32 Å². The van der Waals surface area contributed by atoms with E-state index >= 15 is 0 Å². The Kier molecular flexibility index (Phi) is 6.44. The van der Waals surface area contributed by atoms with Crippen LogP contribution in [-0.2, 0) is 10.0 Å². The van der Waals surface area contributed by atoms with Gasteiger partial charge in [0.05, 0.1) is 10.9 Å². The summed E-state index contributed by atoms with van der Waals surface area (Å²) < 4.78 is 27.5. The molecule has 0 saturated carbocycles. The summed E-state index contributed by atoms with van der Waals surface area (Å²) in [6.07, 6.45) is 2.51. The number of hydrogen-bond donors (Lipinski definition) is 1. The van der Waals surface area contributed by atoms with Gasteiger partial charge in [0.2, 0.25) is 10.0 Å². The molecule has 29 heavy (non-hydrogen) atoms. The maximum atomic E-state index is 13.0. The first-order chi connectivity index (χ1) is 13.7. The zero-order valence-corrected chi connectivity index (χ0v) is 18.5. The molecule has 0 aromatic heterocycles. The molecule has 0 spiro atoms. The fourth-order valence-electron chi connectivity index (χ4n) is 3.94. The third-order valence-electron chi connectivity index (χ3n) is 5.65. The van der Waals surface area contributed by atoms with Crippen molar-refractivity contribution < 1.29 is 13.2 Å². The van der Waals surface area contributed by atoms with Crippen LogP contribution in [0.25, 0.3) is 0 Å². The van der Waals surface area contributed by atoms with Crippen molar-refractivity contribution in [1.29, 1.82) is 0 Å². The molecule has 0 bridgehead atoms. The minimum absolute atomic E-state index is 0.122. The van der Waals surface area contributed by atoms with Gasteiger partial charge in [-0.1, -0.05) is 36.8 Å². The van der Waals surface area contributed by atoms with Crippen LogP contribution in [0.15, 0.2) is 41.3 Å². The van der Waals surface area contributed by atoms with Crippen LogP contribution in [0, 0.1) is 20.8 Å². The van der Waals surface area contributed by atoms with Crippen molar-refractivity contribution in [3.05, 3.63) is 64.2 Å². The summed E-state index contributed by atoms with van der Waals surface area (Å²) in [5.74, 6) is -0.255. The minimum Gasteiger partial charge on any atom is -0.345 e. The van der Waals surface area contributed by atoms with Crippen LogP contribution in [0.4, 0.5) is 0 Å². The summed E-state index contributed by atoms with van der Waals surface area (Å²) in [6, 6.07) is 11.0. The SMILES string of the molecule is CC[C@H](NC(=O)c1ccc(C)c(S(=O)(=O)N2CCCC2)c1)c1ccc(C)cc1C. The second-order valence-electron chi connectivity index (χ2n) is 7.89. The molecule has 1 heterocycles. The normalized spacial score (nSPS) is 16.0. The molecule has 0 radical (unpaired) electrons. The summed E-state index contributed by atoms with van der Waals surface area (Å²) in [7, 11) is -3.57. The zero-order chi connectivity index (χ0) is 21.2. The predicted molar refractivity (Wildman–Crippen MR) is 116 cm³/mol. The number of nitrogens with zero attached hydrogens (tertiary/aromatic N) is 1. The van der Waals surface area contributed by atoms with E-state index in [1.54, 1.807) is 19.1 Å². The Hall–Kier alpha value is -2.18. The second kappa shape index (κ2) is 8.67. The molecule has 1 amide bonds. The monoisotopic (exact) mass is 414 g/mol. The number of carbonyl (C=O) groups excluding carboxylic acids is 1. The highest BCUT2D eigenvalue weighted by atomic mass is 32.2. The fourth-order valence-corrected chi connectivity index (χ4v) is 5.71. The molecule has 2 aromatic carbocycles. The van der Waals surface area contributed by atoms with Gasteiger partial charge in [0.15, 0.2) is 0 Å². The van der Waals surface area contributed by atoms with Crippen LogP contribution in [0.2, 0.25) is 0 Å². The van der Waals surface area contributed by atoms with Crippen molar-refractivity contribution in [2.45, 2.75) is 57.9 Å². The van der Waals surface area contributed by atoms with Crippen LogP contribution < -0.4 is 5.32 Å². The first-order valence-corrected chi connectivity index (χ1v) is 11.7. The van der Waals surface area contributed by atoms with E-state index in [2.05, 4.69) is 17.4 Å². The number of nitrogens with one attached hydrogen (secondary N) is 1. The second-order valence-corrected chi connectivity index (χ2v) is 9.79. The van der Waals surface area contributed by atoms with Gasteiger partial charge in [-0.3, -0.25) is 4.79 Å². The summed E-state index contributed by atoms with van der Waals surface area (Å²) in [4.78, 5) is 13.2. The summed E-state index contributed by atoms with van der Waals surface area (Å²) >= 11 is 0. The average Bonchev–Trinajstić information content (AvgIpc) is 3.22. The van der Waals surface area contributed by atoms with E-state index in [4.69, 9.17) is 0 Å². The van der Waals surface area contributed by atoms with Crippen molar-refractivity contribution in [1.82, 2.24) is 9.62 Å². The standard InChI is InChI=1S/C23H30N2O3S/c1-5-21(20-11-8-16(2)14-18(20)4)24-23(26)19-10-9-17(3)22(15-19)29(27,28)25-12-6-7-13-25/h8-11,14-15,21H,5-7,12-13H2,1-4H3,(H,24,26)/t21-/m0/s1. The van der Waals surface area contributed by atoms with E-state index in [0.717, 1.165) is 30.4 Å². The Morgan fingerprint density at radius 3 is 2.34 bits per heavy atom. The first kappa shape index (κ1) is 21.5. The number of benzene rings is 2. The molecule has 1 fully saturated rings. The molecule has 5 nitrogen and oxygen atoms in total. The molecule has 3 rings (SSSR count). The molecular weight excluding hydrogens is 384 g/mol. The Balaban J connectivity index is 1.87. The Morgan fingerprint density at radius 1 is 1.03 bits per heavy atom. The van der Waals surface area contributed by atoms with Gasteiger partial charge in [0, 0.05) is 18.7 Å². The number of amides is 1. The number of hydrogen-bond acceptors (Lipinski definition) is 3. The van der Waals surface area contributed by atoms with E-state index in [9.17, 15) is 13.2 Å². The van der Waals surface area contributed by atoms with Gasteiger partial charge in [0.25, 0.3) is 5.91 Å². The number of rotatable bonds is 6. The van der Waals surface area contributed by atoms with Gasteiger partial charge in [-0.25, -0.2) is 8.42 Å². The fraction of sp³-hybridized carbons (Fsp3) is 0.435. The lowest BCUT2D eigenvalue weighted by atomic mass is 9.97. The van der Waals surface area contributed by atoms with Gasteiger partial charge in [-0.05, 0) is 68.9 Å². The van der Waals surface area contributed by atoms with Gasteiger partial charge in [-0.2, -0.15) is 4.31 Å². The summed E-state index contributed by atoms with van der Waals surface area (Å²) in [5, 5.41) is 3.08. The Morgan fingerprint density at radius 2 is 1.72 bits per heavy atom. The van der Waals surface area contributed by atoms with E-state index in [0.29, 0.717) is 24.2 Å². The molecule has 0 aliphatic carbocycles. The van der Waals surface area contributed by atoms with E-state index < -0.39 is 10.0 Å². The Labute approximate surface area is 174 Å². The highest BCUT2D eigenvalue weighted by molar-refractivity contribution is 7.89. The third kappa shape index (κ3) is 4.54. The predicted octanol–water partition coefficient (Wildman–Crippen LogP) is 4.28. The lowest BCUT2D eigenvalue weighted by Crippen LogP contribution is -2.30. The maximum Gasteiger partial charge on any atom is 0.251 e. The van der Waals surface area contributed by atoms with Crippen LogP contribution >= 0.6 is 0 Å². The number of carbonyl (C=O) groups is 1. The molecule has 156 valence electrons. The molecule has 1 aliphatic heterocycles. The highest BCUT2D eigenvalue weighted by Crippen LogP contribution is 2.26. The van der Waals surface area contributed by atoms with E-state index in [1.165, 1.54) is 15.9 Å². The van der Waals surface area contributed by atoms with E-state index in [1.807, 2.05) is 26.8 Å². The topological polar surface area (TPSA) is 66.5 Å². The number of aryl methyl sites for hydroxylation is 3. The molecule has 6 heteroatoms. The van der Waals surface area contributed by atoms with Crippen molar-refractivity contribution >= 4 is 15.9 Å². The molecule has 1 N–H and O–H groups in total. The smallest absolute Gasteiger partial charge is 0.251 e. The van der Waals surface area contributed by atoms with Crippen LogP contribution in [-0.4, -0.2) is 31.7 Å². The molecule has 1 atom stereocenters. The molecule has 2 aromatic rings. The molecular formula is C23H30N2O3S. The zero-order valence-electron chi connectivity index (χ0n) is 17.7. The maximum absolute atomic E-state index is 13.0. The Bertz CT molecular complexity index is 1010. The van der Waals surface area contributed by atoms with Crippen molar-refractivity contribution in [3.63, 3.8) is 0 Å². The van der Waals surface area contributed by atoms with Gasteiger partial charge >= 0.3 is 0 Å². The largest absolute Gasteiger partial charge is 0.345 e.